The summed E-state index contributed by atoms with van der Waals surface area (Å²) in [5, 5.41) is 6.81. The van der Waals surface area contributed by atoms with Gasteiger partial charge in [-0.2, -0.15) is 5.10 Å². The van der Waals surface area contributed by atoms with Crippen molar-refractivity contribution in [3.63, 3.8) is 0 Å². The SMILES string of the molecule is CCC(=O)N1CCN(C(=O)c2ccccc2-c2cn[nH]c2)CC12CCC2. The van der Waals surface area contributed by atoms with E-state index in [0.717, 1.165) is 30.4 Å². The molecular formula is C20H24N4O2. The molecule has 0 radical (unpaired) electrons. The summed E-state index contributed by atoms with van der Waals surface area (Å²) in [5.41, 5.74) is 2.35. The molecule has 1 aromatic carbocycles. The molecular weight excluding hydrogens is 328 g/mol. The Kier molecular flexibility index (Phi) is 4.26. The molecule has 2 amide bonds. The summed E-state index contributed by atoms with van der Waals surface area (Å²) in [4.78, 5) is 29.6. The minimum Gasteiger partial charge on any atom is -0.334 e. The van der Waals surface area contributed by atoms with Crippen molar-refractivity contribution < 1.29 is 9.59 Å². The quantitative estimate of drug-likeness (QED) is 0.923. The molecule has 1 aliphatic carbocycles. The molecule has 2 heterocycles. The van der Waals surface area contributed by atoms with Crippen LogP contribution in [-0.4, -0.2) is 57.0 Å². The second-order valence-electron chi connectivity index (χ2n) is 7.24. The van der Waals surface area contributed by atoms with E-state index in [1.165, 1.54) is 0 Å². The molecule has 2 aliphatic rings. The Morgan fingerprint density at radius 1 is 1.23 bits per heavy atom. The minimum absolute atomic E-state index is 0.0386. The molecule has 1 saturated heterocycles. The van der Waals surface area contributed by atoms with Gasteiger partial charge in [0.05, 0.1) is 11.7 Å². The van der Waals surface area contributed by atoms with Crippen LogP contribution in [0.1, 0.15) is 43.0 Å². The number of H-pyrrole nitrogens is 1. The van der Waals surface area contributed by atoms with Crippen LogP contribution in [0.4, 0.5) is 0 Å². The number of nitrogens with one attached hydrogen (secondary N) is 1. The zero-order valence-electron chi connectivity index (χ0n) is 15.1. The van der Waals surface area contributed by atoms with Crippen molar-refractivity contribution in [2.45, 2.75) is 38.1 Å². The van der Waals surface area contributed by atoms with Crippen molar-refractivity contribution in [3.05, 3.63) is 42.2 Å². The summed E-state index contributed by atoms with van der Waals surface area (Å²) in [6.45, 7) is 3.77. The molecule has 6 heteroatoms. The summed E-state index contributed by atoms with van der Waals surface area (Å²) in [6, 6.07) is 7.66. The summed E-state index contributed by atoms with van der Waals surface area (Å²) >= 11 is 0. The van der Waals surface area contributed by atoms with Crippen molar-refractivity contribution in [1.29, 1.82) is 0 Å². The van der Waals surface area contributed by atoms with E-state index in [1.54, 1.807) is 12.4 Å². The zero-order chi connectivity index (χ0) is 18.1. The topological polar surface area (TPSA) is 69.3 Å². The third-order valence-electron chi connectivity index (χ3n) is 5.79. The highest BCUT2D eigenvalue weighted by molar-refractivity contribution is 6.01. The van der Waals surface area contributed by atoms with E-state index in [4.69, 9.17) is 0 Å². The molecule has 1 aliphatic heterocycles. The third-order valence-corrected chi connectivity index (χ3v) is 5.79. The molecule has 1 N–H and O–H groups in total. The Morgan fingerprint density at radius 3 is 2.69 bits per heavy atom. The van der Waals surface area contributed by atoms with Gasteiger partial charge in [-0.3, -0.25) is 14.7 Å². The molecule has 1 aromatic heterocycles. The van der Waals surface area contributed by atoms with Gasteiger partial charge in [0, 0.05) is 43.4 Å². The van der Waals surface area contributed by atoms with Crippen LogP contribution in [0.25, 0.3) is 11.1 Å². The number of benzene rings is 1. The van der Waals surface area contributed by atoms with Crippen molar-refractivity contribution in [1.82, 2.24) is 20.0 Å². The maximum Gasteiger partial charge on any atom is 0.254 e. The smallest absolute Gasteiger partial charge is 0.254 e. The predicted molar refractivity (Wildman–Crippen MR) is 98.5 cm³/mol. The van der Waals surface area contributed by atoms with Gasteiger partial charge in [-0.05, 0) is 30.9 Å². The summed E-state index contributed by atoms with van der Waals surface area (Å²) in [6.07, 6.45) is 7.17. The van der Waals surface area contributed by atoms with Crippen LogP contribution in [-0.2, 0) is 4.79 Å². The number of nitrogens with zero attached hydrogens (tertiary/aromatic N) is 3. The Balaban J connectivity index is 1.60. The Hall–Kier alpha value is -2.63. The van der Waals surface area contributed by atoms with Gasteiger partial charge in [-0.25, -0.2) is 0 Å². The fourth-order valence-electron chi connectivity index (χ4n) is 4.23. The van der Waals surface area contributed by atoms with Crippen LogP contribution >= 0.6 is 0 Å². The molecule has 4 rings (SSSR count). The van der Waals surface area contributed by atoms with Crippen molar-refractivity contribution in [2.75, 3.05) is 19.6 Å². The van der Waals surface area contributed by atoms with Gasteiger partial charge in [0.2, 0.25) is 5.91 Å². The number of carbonyl (C=O) groups is 2. The molecule has 2 fully saturated rings. The maximum absolute atomic E-state index is 13.3. The van der Waals surface area contributed by atoms with E-state index in [0.29, 0.717) is 31.6 Å². The van der Waals surface area contributed by atoms with Gasteiger partial charge in [0.15, 0.2) is 0 Å². The number of aromatic nitrogens is 2. The summed E-state index contributed by atoms with van der Waals surface area (Å²) in [5.74, 6) is 0.243. The lowest BCUT2D eigenvalue weighted by Gasteiger charge is -2.56. The molecule has 0 bridgehead atoms. The summed E-state index contributed by atoms with van der Waals surface area (Å²) < 4.78 is 0. The maximum atomic E-state index is 13.3. The summed E-state index contributed by atoms with van der Waals surface area (Å²) in [7, 11) is 0. The number of hydrogen-bond donors (Lipinski definition) is 1. The van der Waals surface area contributed by atoms with Gasteiger partial charge in [0.1, 0.15) is 0 Å². The van der Waals surface area contributed by atoms with Gasteiger partial charge in [-0.1, -0.05) is 25.1 Å². The molecule has 1 spiro atoms. The van der Waals surface area contributed by atoms with Crippen LogP contribution in [0.2, 0.25) is 0 Å². The highest BCUT2D eigenvalue weighted by atomic mass is 16.2. The number of carbonyl (C=O) groups excluding carboxylic acids is 2. The van der Waals surface area contributed by atoms with E-state index < -0.39 is 0 Å². The number of piperazine rings is 1. The minimum atomic E-state index is -0.147. The predicted octanol–water partition coefficient (Wildman–Crippen LogP) is 2.69. The number of aromatic amines is 1. The monoisotopic (exact) mass is 352 g/mol. The first kappa shape index (κ1) is 16.8. The normalized spacial score (nSPS) is 18.7. The molecule has 136 valence electrons. The lowest BCUT2D eigenvalue weighted by molar-refractivity contribution is -0.146. The third kappa shape index (κ3) is 2.69. The first-order valence-electron chi connectivity index (χ1n) is 9.32. The fraction of sp³-hybridized carbons (Fsp3) is 0.450. The van der Waals surface area contributed by atoms with Gasteiger partial charge >= 0.3 is 0 Å². The molecule has 26 heavy (non-hydrogen) atoms. The first-order chi connectivity index (χ1) is 12.6. The van der Waals surface area contributed by atoms with Crippen LogP contribution in [0.3, 0.4) is 0 Å². The van der Waals surface area contributed by atoms with E-state index >= 15 is 0 Å². The fourth-order valence-corrected chi connectivity index (χ4v) is 4.23. The van der Waals surface area contributed by atoms with Gasteiger partial charge < -0.3 is 9.80 Å². The van der Waals surface area contributed by atoms with Gasteiger partial charge in [0.25, 0.3) is 5.91 Å². The zero-order valence-corrected chi connectivity index (χ0v) is 15.1. The highest BCUT2D eigenvalue weighted by Gasteiger charge is 2.48. The molecule has 2 aromatic rings. The van der Waals surface area contributed by atoms with Crippen LogP contribution in [0.15, 0.2) is 36.7 Å². The van der Waals surface area contributed by atoms with E-state index in [9.17, 15) is 9.59 Å². The Labute approximate surface area is 153 Å². The average Bonchev–Trinajstić information content (AvgIpc) is 3.19. The first-order valence-corrected chi connectivity index (χ1v) is 9.32. The molecule has 0 atom stereocenters. The van der Waals surface area contributed by atoms with E-state index in [-0.39, 0.29) is 17.4 Å². The number of amides is 2. The van der Waals surface area contributed by atoms with Crippen molar-refractivity contribution in [3.8, 4) is 11.1 Å². The highest BCUT2D eigenvalue weighted by Crippen LogP contribution is 2.41. The average molecular weight is 352 g/mol. The Morgan fingerprint density at radius 2 is 2.04 bits per heavy atom. The van der Waals surface area contributed by atoms with Gasteiger partial charge in [-0.15, -0.1) is 0 Å². The standard InChI is InChI=1S/C20H24N4O2/c1-2-18(25)24-11-10-23(14-20(24)8-5-9-20)19(26)17-7-4-3-6-16(17)15-12-21-22-13-15/h3-4,6-7,12-13H,2,5,8-11,14H2,1H3,(H,21,22). The lowest BCUT2D eigenvalue weighted by atomic mass is 9.73. The van der Waals surface area contributed by atoms with Crippen LogP contribution in [0.5, 0.6) is 0 Å². The van der Waals surface area contributed by atoms with Crippen LogP contribution < -0.4 is 0 Å². The Bertz CT molecular complexity index is 811. The molecule has 6 nitrogen and oxygen atoms in total. The van der Waals surface area contributed by atoms with Crippen molar-refractivity contribution >= 4 is 11.8 Å². The number of rotatable bonds is 3. The van der Waals surface area contributed by atoms with Crippen LogP contribution in [0, 0.1) is 0 Å². The van der Waals surface area contributed by atoms with E-state index in [2.05, 4.69) is 10.2 Å². The molecule has 0 unspecified atom stereocenters. The molecule has 1 saturated carbocycles. The second-order valence-corrected chi connectivity index (χ2v) is 7.24. The van der Waals surface area contributed by atoms with Crippen molar-refractivity contribution in [2.24, 2.45) is 0 Å². The lowest BCUT2D eigenvalue weighted by Crippen LogP contribution is -2.67. The van der Waals surface area contributed by atoms with E-state index in [1.807, 2.05) is 41.0 Å². The largest absolute Gasteiger partial charge is 0.334 e. The number of hydrogen-bond acceptors (Lipinski definition) is 3. The second kappa shape index (κ2) is 6.59.